The minimum Gasteiger partial charge on any atom is -0.383 e. The van der Waals surface area contributed by atoms with Gasteiger partial charge in [-0.3, -0.25) is 20.2 Å². The van der Waals surface area contributed by atoms with Gasteiger partial charge in [0.2, 0.25) is 0 Å². The molecule has 116 valence electrons. The second-order valence-electron chi connectivity index (χ2n) is 4.70. The maximum absolute atomic E-state index is 12.3. The Morgan fingerprint density at radius 2 is 1.65 bits per heavy atom. The van der Waals surface area contributed by atoms with Crippen molar-refractivity contribution < 1.29 is 4.79 Å². The van der Waals surface area contributed by atoms with E-state index in [1.807, 2.05) is 60.7 Å². The number of nitrogens with one attached hydrogen (secondary N) is 2. The van der Waals surface area contributed by atoms with Crippen LogP contribution in [0.3, 0.4) is 0 Å². The number of aromatic nitrogens is 1. The fourth-order valence-corrected chi connectivity index (χ4v) is 3.34. The normalized spacial score (nSPS) is 10.3. The molecule has 2 aromatic carbocycles. The van der Waals surface area contributed by atoms with E-state index < -0.39 is 0 Å². The van der Waals surface area contributed by atoms with Crippen LogP contribution < -0.4 is 16.6 Å². The van der Waals surface area contributed by atoms with Gasteiger partial charge in [0.25, 0.3) is 5.91 Å². The van der Waals surface area contributed by atoms with Crippen LogP contribution in [0.15, 0.2) is 60.7 Å². The summed E-state index contributed by atoms with van der Waals surface area (Å²) >= 11 is 6.52. The van der Waals surface area contributed by atoms with Crippen molar-refractivity contribution in [3.63, 3.8) is 0 Å². The van der Waals surface area contributed by atoms with Crippen LogP contribution in [0.2, 0.25) is 0 Å². The first kappa shape index (κ1) is 15.3. The third-order valence-electron chi connectivity index (χ3n) is 3.16. The first-order valence-electron chi connectivity index (χ1n) is 6.85. The third kappa shape index (κ3) is 3.25. The van der Waals surface area contributed by atoms with Crippen LogP contribution in [-0.2, 0) is 0 Å². The molecule has 3 rings (SSSR count). The molecule has 0 bridgehead atoms. The average Bonchev–Trinajstić information content (AvgIpc) is 2.89. The Morgan fingerprint density at radius 1 is 1.04 bits per heavy atom. The number of carbonyl (C=O) groups is 1. The van der Waals surface area contributed by atoms with Crippen molar-refractivity contribution in [1.29, 1.82) is 0 Å². The number of carbonyl (C=O) groups excluding carboxylic acids is 1. The van der Waals surface area contributed by atoms with Gasteiger partial charge >= 0.3 is 0 Å². The second kappa shape index (κ2) is 6.64. The zero-order valence-electron chi connectivity index (χ0n) is 12.0. The number of para-hydroxylation sites is 2. The molecule has 1 amide bonds. The summed E-state index contributed by atoms with van der Waals surface area (Å²) in [5.41, 5.74) is 13.2. The molecule has 0 spiro atoms. The molecular weight excluding hydrogens is 328 g/mol. The lowest BCUT2D eigenvalue weighted by Gasteiger charge is -2.08. The Hall–Kier alpha value is -2.64. The fraction of sp³-hybridized carbons (Fsp3) is 0. The summed E-state index contributed by atoms with van der Waals surface area (Å²) < 4.78 is 2.22. The SMILES string of the molecule is Nc1c(C(=O)NNc2ccccc2)sc(=S)n1-c1ccccc1. The van der Waals surface area contributed by atoms with Crippen LogP contribution >= 0.6 is 23.6 Å². The third-order valence-corrected chi connectivity index (χ3v) is 4.55. The Labute approximate surface area is 142 Å². The van der Waals surface area contributed by atoms with Gasteiger partial charge < -0.3 is 5.73 Å². The summed E-state index contributed by atoms with van der Waals surface area (Å²) in [5.74, 6) is 0.00990. The van der Waals surface area contributed by atoms with Crippen molar-refractivity contribution in [3.05, 3.63) is 69.5 Å². The first-order valence-corrected chi connectivity index (χ1v) is 8.07. The lowest BCUT2D eigenvalue weighted by atomic mass is 10.3. The van der Waals surface area contributed by atoms with E-state index in [9.17, 15) is 4.79 Å². The zero-order valence-corrected chi connectivity index (χ0v) is 13.7. The molecule has 3 aromatic rings. The average molecular weight is 342 g/mol. The highest BCUT2D eigenvalue weighted by Gasteiger charge is 2.17. The minimum atomic E-state index is -0.322. The molecule has 5 nitrogen and oxygen atoms in total. The van der Waals surface area contributed by atoms with E-state index in [1.54, 1.807) is 4.57 Å². The summed E-state index contributed by atoms with van der Waals surface area (Å²) in [7, 11) is 0. The molecule has 4 N–H and O–H groups in total. The maximum atomic E-state index is 12.3. The largest absolute Gasteiger partial charge is 0.383 e. The van der Waals surface area contributed by atoms with Crippen LogP contribution in [0.4, 0.5) is 11.5 Å². The summed E-state index contributed by atoms with van der Waals surface area (Å²) in [4.78, 5) is 12.7. The van der Waals surface area contributed by atoms with Crippen molar-refractivity contribution in [2.45, 2.75) is 0 Å². The number of amides is 1. The smallest absolute Gasteiger partial charge is 0.283 e. The van der Waals surface area contributed by atoms with Gasteiger partial charge in [-0.05, 0) is 36.5 Å². The maximum Gasteiger partial charge on any atom is 0.283 e. The van der Waals surface area contributed by atoms with E-state index in [4.69, 9.17) is 18.0 Å². The van der Waals surface area contributed by atoms with Crippen LogP contribution in [-0.4, -0.2) is 10.5 Å². The minimum absolute atomic E-state index is 0.322. The molecule has 1 heterocycles. The Kier molecular flexibility index (Phi) is 4.40. The van der Waals surface area contributed by atoms with Crippen molar-refractivity contribution >= 4 is 41.0 Å². The Balaban J connectivity index is 1.84. The summed E-state index contributed by atoms with van der Waals surface area (Å²) in [6, 6.07) is 18.8. The highest BCUT2D eigenvalue weighted by molar-refractivity contribution is 7.73. The number of nitrogens with zero attached hydrogens (tertiary/aromatic N) is 1. The molecule has 7 heteroatoms. The number of hydrazine groups is 1. The van der Waals surface area contributed by atoms with Gasteiger partial charge in [-0.15, -0.1) is 0 Å². The van der Waals surface area contributed by atoms with Crippen LogP contribution in [0.1, 0.15) is 9.67 Å². The number of nitrogen functional groups attached to an aromatic ring is 1. The molecule has 0 fully saturated rings. The standard InChI is InChI=1S/C16H14N4OS2/c17-14-13(15(21)19-18-11-7-3-1-4-8-11)23-16(22)20(14)12-9-5-2-6-10-12/h1-10,18H,17H2,(H,19,21). The van der Waals surface area contributed by atoms with Gasteiger partial charge in [0, 0.05) is 5.69 Å². The fourth-order valence-electron chi connectivity index (χ4n) is 2.08. The predicted octanol–water partition coefficient (Wildman–Crippen LogP) is 3.61. The molecular formula is C16H14N4OS2. The Bertz CT molecular complexity index is 872. The highest BCUT2D eigenvalue weighted by Crippen LogP contribution is 2.26. The topological polar surface area (TPSA) is 72.1 Å². The van der Waals surface area contributed by atoms with Gasteiger partial charge in [0.15, 0.2) is 3.95 Å². The summed E-state index contributed by atoms with van der Waals surface area (Å²) in [5, 5.41) is 0. The number of hydrogen-bond acceptors (Lipinski definition) is 5. The molecule has 0 unspecified atom stereocenters. The molecule has 0 aliphatic heterocycles. The quantitative estimate of drug-likeness (QED) is 0.500. The van der Waals surface area contributed by atoms with Gasteiger partial charge in [-0.2, -0.15) is 0 Å². The van der Waals surface area contributed by atoms with E-state index >= 15 is 0 Å². The molecule has 0 atom stereocenters. The van der Waals surface area contributed by atoms with Crippen molar-refractivity contribution in [2.24, 2.45) is 0 Å². The zero-order chi connectivity index (χ0) is 16.2. The lowest BCUT2D eigenvalue weighted by Crippen LogP contribution is -2.29. The van der Waals surface area contributed by atoms with Crippen LogP contribution in [0.5, 0.6) is 0 Å². The van der Waals surface area contributed by atoms with Crippen molar-refractivity contribution in [2.75, 3.05) is 11.2 Å². The van der Waals surface area contributed by atoms with E-state index in [-0.39, 0.29) is 5.91 Å². The second-order valence-corrected chi connectivity index (χ2v) is 6.34. The Morgan fingerprint density at radius 3 is 2.30 bits per heavy atom. The van der Waals surface area contributed by atoms with Crippen molar-refractivity contribution in [3.8, 4) is 5.69 Å². The molecule has 0 saturated heterocycles. The molecule has 0 aliphatic carbocycles. The first-order chi connectivity index (χ1) is 11.2. The monoisotopic (exact) mass is 342 g/mol. The van der Waals surface area contributed by atoms with Gasteiger partial charge in [-0.1, -0.05) is 47.7 Å². The highest BCUT2D eigenvalue weighted by atomic mass is 32.1. The van der Waals surface area contributed by atoms with Crippen LogP contribution in [0, 0.1) is 3.95 Å². The molecule has 0 radical (unpaired) electrons. The van der Waals surface area contributed by atoms with Gasteiger partial charge in [0.1, 0.15) is 10.7 Å². The van der Waals surface area contributed by atoms with E-state index in [2.05, 4.69) is 10.9 Å². The molecule has 1 aromatic heterocycles. The number of thiazole rings is 1. The van der Waals surface area contributed by atoms with E-state index in [0.29, 0.717) is 14.6 Å². The summed E-state index contributed by atoms with van der Waals surface area (Å²) in [6.07, 6.45) is 0. The van der Waals surface area contributed by atoms with E-state index in [1.165, 1.54) is 11.3 Å². The number of rotatable bonds is 4. The number of nitrogens with two attached hydrogens (primary N) is 1. The van der Waals surface area contributed by atoms with Crippen LogP contribution in [0.25, 0.3) is 5.69 Å². The summed E-state index contributed by atoms with van der Waals surface area (Å²) in [6.45, 7) is 0. The lowest BCUT2D eigenvalue weighted by molar-refractivity contribution is 0.0967. The van der Waals surface area contributed by atoms with Crippen molar-refractivity contribution in [1.82, 2.24) is 9.99 Å². The number of hydrogen-bond donors (Lipinski definition) is 3. The van der Waals surface area contributed by atoms with Gasteiger partial charge in [-0.25, -0.2) is 0 Å². The van der Waals surface area contributed by atoms with E-state index in [0.717, 1.165) is 11.4 Å². The number of benzene rings is 2. The molecule has 0 saturated carbocycles. The predicted molar refractivity (Wildman–Crippen MR) is 96.4 cm³/mol. The number of anilines is 2. The molecule has 23 heavy (non-hydrogen) atoms. The molecule has 0 aliphatic rings. The van der Waals surface area contributed by atoms with Gasteiger partial charge in [0.05, 0.1) is 5.69 Å².